The second-order valence-electron chi connectivity index (χ2n) is 8.22. The van der Waals surface area contributed by atoms with Gasteiger partial charge in [-0.3, -0.25) is 19.2 Å². The lowest BCUT2D eigenvalue weighted by Crippen LogP contribution is -2.37. The van der Waals surface area contributed by atoms with E-state index in [0.29, 0.717) is 47.4 Å². The lowest BCUT2D eigenvalue weighted by atomic mass is 9.87. The maximum atomic E-state index is 13.3. The fourth-order valence-electron chi connectivity index (χ4n) is 4.78. The van der Waals surface area contributed by atoms with E-state index < -0.39 is 11.6 Å². The number of H-pyrrole nitrogens is 1. The molecule has 1 unspecified atom stereocenters. The Kier molecular flexibility index (Phi) is 5.81. The van der Waals surface area contributed by atoms with Crippen LogP contribution in [-0.4, -0.2) is 61.3 Å². The molecular weight excluding hydrogens is 474 g/mol. The molecular formula is C24H25N3O7S. The Morgan fingerprint density at radius 1 is 1.11 bits per heavy atom. The molecule has 10 nitrogen and oxygen atoms in total. The maximum absolute atomic E-state index is 13.3. The summed E-state index contributed by atoms with van der Waals surface area (Å²) in [6, 6.07) is 6.37. The van der Waals surface area contributed by atoms with Crippen LogP contribution < -0.4 is 29.2 Å². The molecule has 0 saturated heterocycles. The Labute approximate surface area is 206 Å². The molecule has 0 spiro atoms. The van der Waals surface area contributed by atoms with Crippen LogP contribution >= 0.6 is 12.2 Å². The molecule has 3 heterocycles. The van der Waals surface area contributed by atoms with Crippen molar-refractivity contribution < 1.29 is 28.8 Å². The monoisotopic (exact) mass is 499 g/mol. The first kappa shape index (κ1) is 23.1. The smallest absolute Gasteiger partial charge is 0.260 e. The SMILES string of the molecule is COc1ccc(OC)c(-n2c(O)c(C3c4c(cc5c(c4OC)OCO5)CCN3C)c(=O)[nH]c2=S)c1. The second kappa shape index (κ2) is 8.82. The van der Waals surface area contributed by atoms with Gasteiger partial charge in [0.25, 0.3) is 5.56 Å². The number of nitrogens with zero attached hydrogens (tertiary/aromatic N) is 2. The number of rotatable bonds is 5. The molecule has 0 amide bonds. The molecule has 1 atom stereocenters. The van der Waals surface area contributed by atoms with Gasteiger partial charge in [-0.05, 0) is 49.4 Å². The Morgan fingerprint density at radius 3 is 2.63 bits per heavy atom. The third kappa shape index (κ3) is 3.58. The zero-order valence-electron chi connectivity index (χ0n) is 19.7. The second-order valence-corrected chi connectivity index (χ2v) is 8.61. The summed E-state index contributed by atoms with van der Waals surface area (Å²) >= 11 is 5.45. The van der Waals surface area contributed by atoms with Gasteiger partial charge in [0.05, 0.1) is 38.6 Å². The molecule has 0 bridgehead atoms. The number of aromatic hydroxyl groups is 1. The first-order chi connectivity index (χ1) is 16.9. The number of methoxy groups -OCH3 is 3. The van der Waals surface area contributed by atoms with Crippen LogP contribution in [0.15, 0.2) is 29.1 Å². The van der Waals surface area contributed by atoms with Gasteiger partial charge in [0, 0.05) is 18.2 Å². The van der Waals surface area contributed by atoms with Gasteiger partial charge in [0.1, 0.15) is 11.5 Å². The zero-order valence-corrected chi connectivity index (χ0v) is 20.5. The molecule has 2 N–H and O–H groups in total. The van der Waals surface area contributed by atoms with Crippen LogP contribution in [0.25, 0.3) is 5.69 Å². The van der Waals surface area contributed by atoms with Gasteiger partial charge < -0.3 is 28.8 Å². The van der Waals surface area contributed by atoms with E-state index in [1.807, 2.05) is 18.0 Å². The van der Waals surface area contributed by atoms with Crippen LogP contribution in [0, 0.1) is 4.77 Å². The van der Waals surface area contributed by atoms with Gasteiger partial charge in [-0.25, -0.2) is 0 Å². The van der Waals surface area contributed by atoms with Crippen molar-refractivity contribution in [3.05, 3.63) is 56.1 Å². The van der Waals surface area contributed by atoms with Gasteiger partial charge in [-0.15, -0.1) is 0 Å². The number of fused-ring (bicyclic) bond motifs is 2. The summed E-state index contributed by atoms with van der Waals surface area (Å²) in [5.74, 6) is 2.20. The Balaban J connectivity index is 1.80. The standard InChI is InChI=1S/C24H25N3O7S/c1-26-8-7-12-9-16-20(34-11-33-16)21(32-4)17(12)19(26)18-22(28)25-24(35)27(23(18)29)14-10-13(30-2)5-6-15(14)31-3/h5-6,9-10,19,29H,7-8,11H2,1-4H3,(H,25,28,35). The third-order valence-electron chi connectivity index (χ3n) is 6.42. The average Bonchev–Trinajstić information content (AvgIpc) is 3.32. The van der Waals surface area contributed by atoms with Gasteiger partial charge in [-0.1, -0.05) is 0 Å². The van der Waals surface area contributed by atoms with E-state index in [1.165, 1.54) is 18.8 Å². The van der Waals surface area contributed by atoms with Crippen LogP contribution in [0.4, 0.5) is 0 Å². The molecule has 0 fully saturated rings. The van der Waals surface area contributed by atoms with Crippen LogP contribution in [0.5, 0.6) is 34.6 Å². The molecule has 1 aromatic heterocycles. The number of likely N-dealkylation sites (N-methyl/N-ethyl adjacent to an activating group) is 1. The van der Waals surface area contributed by atoms with Gasteiger partial charge >= 0.3 is 0 Å². The van der Waals surface area contributed by atoms with Crippen molar-refractivity contribution in [2.75, 3.05) is 41.7 Å². The summed E-state index contributed by atoms with van der Waals surface area (Å²) in [7, 11) is 6.47. The molecule has 35 heavy (non-hydrogen) atoms. The zero-order chi connectivity index (χ0) is 24.9. The largest absolute Gasteiger partial charge is 0.497 e. The molecule has 184 valence electrons. The van der Waals surface area contributed by atoms with Crippen LogP contribution in [0.2, 0.25) is 0 Å². The van der Waals surface area contributed by atoms with E-state index >= 15 is 0 Å². The molecule has 0 radical (unpaired) electrons. The number of hydrogen-bond donors (Lipinski definition) is 2. The van der Waals surface area contributed by atoms with Crippen molar-refractivity contribution >= 4 is 12.2 Å². The third-order valence-corrected chi connectivity index (χ3v) is 6.70. The summed E-state index contributed by atoms with van der Waals surface area (Å²) in [6.45, 7) is 0.721. The van der Waals surface area contributed by atoms with E-state index in [-0.39, 0.29) is 23.0 Å². The summed E-state index contributed by atoms with van der Waals surface area (Å²) < 4.78 is 29.2. The predicted octanol–water partition coefficient (Wildman–Crippen LogP) is 2.93. The minimum Gasteiger partial charge on any atom is -0.497 e. The molecule has 5 rings (SSSR count). The highest BCUT2D eigenvalue weighted by Gasteiger charge is 2.38. The predicted molar refractivity (Wildman–Crippen MR) is 129 cm³/mol. The lowest BCUT2D eigenvalue weighted by molar-refractivity contribution is 0.170. The Hall–Kier alpha value is -3.70. The topological polar surface area (TPSA) is 107 Å². The molecule has 2 aliphatic heterocycles. The quantitative estimate of drug-likeness (QED) is 0.513. The van der Waals surface area contributed by atoms with Crippen molar-refractivity contribution in [2.24, 2.45) is 0 Å². The van der Waals surface area contributed by atoms with E-state index in [0.717, 1.165) is 11.1 Å². The van der Waals surface area contributed by atoms with Crippen molar-refractivity contribution in [1.29, 1.82) is 0 Å². The molecule has 2 aliphatic rings. The Morgan fingerprint density at radius 2 is 1.91 bits per heavy atom. The van der Waals surface area contributed by atoms with Crippen LogP contribution in [0.3, 0.4) is 0 Å². The minimum absolute atomic E-state index is 0.0131. The fourth-order valence-corrected chi connectivity index (χ4v) is 5.06. The fraction of sp³-hybridized carbons (Fsp3) is 0.333. The average molecular weight is 500 g/mol. The molecule has 0 saturated carbocycles. The summed E-state index contributed by atoms with van der Waals surface area (Å²) in [6.07, 6.45) is 0.705. The summed E-state index contributed by atoms with van der Waals surface area (Å²) in [5.41, 5.74) is 1.70. The summed E-state index contributed by atoms with van der Waals surface area (Å²) in [5, 5.41) is 11.6. The van der Waals surface area contributed by atoms with E-state index in [1.54, 1.807) is 25.3 Å². The van der Waals surface area contributed by atoms with Crippen molar-refractivity contribution in [2.45, 2.75) is 12.5 Å². The summed E-state index contributed by atoms with van der Waals surface area (Å²) in [4.78, 5) is 18.0. The van der Waals surface area contributed by atoms with Crippen molar-refractivity contribution in [3.8, 4) is 40.3 Å². The molecule has 2 aromatic carbocycles. The van der Waals surface area contributed by atoms with Crippen molar-refractivity contribution in [3.63, 3.8) is 0 Å². The first-order valence-corrected chi connectivity index (χ1v) is 11.3. The highest BCUT2D eigenvalue weighted by molar-refractivity contribution is 7.71. The number of aromatic nitrogens is 2. The lowest BCUT2D eigenvalue weighted by Gasteiger charge is -2.36. The van der Waals surface area contributed by atoms with E-state index in [9.17, 15) is 9.90 Å². The number of benzene rings is 2. The van der Waals surface area contributed by atoms with E-state index in [2.05, 4.69) is 4.98 Å². The van der Waals surface area contributed by atoms with E-state index in [4.69, 9.17) is 35.9 Å². The van der Waals surface area contributed by atoms with Crippen LogP contribution in [0.1, 0.15) is 22.7 Å². The first-order valence-electron chi connectivity index (χ1n) is 10.9. The van der Waals surface area contributed by atoms with Gasteiger partial charge in [-0.2, -0.15) is 0 Å². The molecule has 0 aliphatic carbocycles. The highest BCUT2D eigenvalue weighted by Crippen LogP contribution is 2.51. The van der Waals surface area contributed by atoms with Gasteiger partial charge in [0.15, 0.2) is 16.3 Å². The number of nitrogens with one attached hydrogen (secondary N) is 1. The van der Waals surface area contributed by atoms with Gasteiger partial charge in [0.2, 0.25) is 18.4 Å². The maximum Gasteiger partial charge on any atom is 0.260 e. The molecule has 3 aromatic rings. The highest BCUT2D eigenvalue weighted by atomic mass is 32.1. The van der Waals surface area contributed by atoms with Crippen LogP contribution in [-0.2, 0) is 6.42 Å². The molecule has 11 heteroatoms. The minimum atomic E-state index is -0.648. The number of ether oxygens (including phenoxy) is 5. The Bertz CT molecular complexity index is 1430. The normalized spacial score (nSPS) is 16.6. The van der Waals surface area contributed by atoms with Crippen molar-refractivity contribution in [1.82, 2.24) is 14.5 Å². The number of hydrogen-bond acceptors (Lipinski definition) is 9. The number of aromatic amines is 1.